The summed E-state index contributed by atoms with van der Waals surface area (Å²) in [5.74, 6) is 5.63. The molecule has 5 heteroatoms. The molecule has 0 spiro atoms. The van der Waals surface area contributed by atoms with E-state index < -0.39 is 10.0 Å². The van der Waals surface area contributed by atoms with Crippen molar-refractivity contribution in [2.24, 2.45) is 5.73 Å². The number of nitrogens with two attached hydrogens (primary N) is 1. The highest BCUT2D eigenvalue weighted by Gasteiger charge is 2.15. The van der Waals surface area contributed by atoms with Crippen LogP contribution in [0.3, 0.4) is 0 Å². The molecule has 0 aliphatic heterocycles. The van der Waals surface area contributed by atoms with Gasteiger partial charge in [0.2, 0.25) is 0 Å². The third-order valence-electron chi connectivity index (χ3n) is 2.80. The first-order valence-corrected chi connectivity index (χ1v) is 7.89. The molecule has 0 amide bonds. The molecule has 0 radical (unpaired) electrons. The largest absolute Gasteiger partial charge is 0.320 e. The van der Waals surface area contributed by atoms with Crippen molar-refractivity contribution >= 4 is 15.7 Å². The summed E-state index contributed by atoms with van der Waals surface area (Å²) in [6.45, 7) is 2.14. The predicted molar refractivity (Wildman–Crippen MR) is 84.4 cm³/mol. The molecule has 0 aliphatic carbocycles. The highest BCUT2D eigenvalue weighted by atomic mass is 32.2. The first-order valence-electron chi connectivity index (χ1n) is 6.40. The van der Waals surface area contributed by atoms with Gasteiger partial charge in [-0.1, -0.05) is 36.1 Å². The van der Waals surface area contributed by atoms with Crippen LogP contribution in [0.25, 0.3) is 0 Å². The van der Waals surface area contributed by atoms with E-state index in [1.807, 2.05) is 19.1 Å². The average molecular weight is 300 g/mol. The Balaban J connectivity index is 2.40. The van der Waals surface area contributed by atoms with Gasteiger partial charge in [-0.05, 0) is 36.8 Å². The second-order valence-corrected chi connectivity index (χ2v) is 6.16. The van der Waals surface area contributed by atoms with Crippen LogP contribution in [-0.2, 0) is 10.0 Å². The zero-order chi connectivity index (χ0) is 15.3. The fourth-order valence-electron chi connectivity index (χ4n) is 1.80. The smallest absolute Gasteiger partial charge is 0.261 e. The lowest BCUT2D eigenvalue weighted by Gasteiger charge is -2.10. The molecular formula is C16H16N2O2S. The number of anilines is 1. The summed E-state index contributed by atoms with van der Waals surface area (Å²) in [7, 11) is -3.62. The molecule has 0 aromatic heterocycles. The number of sulfonamides is 1. The minimum absolute atomic E-state index is 0.211. The van der Waals surface area contributed by atoms with E-state index in [-0.39, 0.29) is 11.4 Å². The third-order valence-corrected chi connectivity index (χ3v) is 4.18. The van der Waals surface area contributed by atoms with Crippen molar-refractivity contribution in [1.29, 1.82) is 0 Å². The van der Waals surface area contributed by atoms with Gasteiger partial charge in [0.15, 0.2) is 0 Å². The van der Waals surface area contributed by atoms with Crippen molar-refractivity contribution in [1.82, 2.24) is 0 Å². The molecule has 0 saturated carbocycles. The van der Waals surface area contributed by atoms with Gasteiger partial charge >= 0.3 is 0 Å². The van der Waals surface area contributed by atoms with Crippen molar-refractivity contribution in [2.45, 2.75) is 11.8 Å². The van der Waals surface area contributed by atoms with E-state index in [0.29, 0.717) is 11.3 Å². The van der Waals surface area contributed by atoms with Crippen LogP contribution in [0.2, 0.25) is 0 Å². The maximum Gasteiger partial charge on any atom is 0.261 e. The van der Waals surface area contributed by atoms with E-state index >= 15 is 0 Å². The number of hydrogen-bond donors (Lipinski definition) is 2. The van der Waals surface area contributed by atoms with E-state index in [1.54, 1.807) is 36.4 Å². The molecule has 0 atom stereocenters. The SMILES string of the molecule is Cc1ccc(NS(=O)(=O)c2ccccc2)c(C#CCN)c1. The van der Waals surface area contributed by atoms with Gasteiger partial charge in [-0.25, -0.2) is 8.42 Å². The van der Waals surface area contributed by atoms with Gasteiger partial charge in [0.05, 0.1) is 17.1 Å². The van der Waals surface area contributed by atoms with Crippen molar-refractivity contribution in [3.05, 3.63) is 59.7 Å². The Labute approximate surface area is 125 Å². The molecule has 21 heavy (non-hydrogen) atoms. The fourth-order valence-corrected chi connectivity index (χ4v) is 2.90. The molecule has 2 rings (SSSR count). The van der Waals surface area contributed by atoms with Gasteiger partial charge in [0.25, 0.3) is 10.0 Å². The van der Waals surface area contributed by atoms with E-state index in [9.17, 15) is 8.42 Å². The zero-order valence-electron chi connectivity index (χ0n) is 11.6. The van der Waals surface area contributed by atoms with Gasteiger partial charge in [0.1, 0.15) is 0 Å². The first-order chi connectivity index (χ1) is 10.0. The quantitative estimate of drug-likeness (QED) is 0.853. The highest BCUT2D eigenvalue weighted by Crippen LogP contribution is 2.20. The van der Waals surface area contributed by atoms with Crippen molar-refractivity contribution in [3.8, 4) is 11.8 Å². The van der Waals surface area contributed by atoms with Crippen LogP contribution in [0.1, 0.15) is 11.1 Å². The third kappa shape index (κ3) is 3.85. The van der Waals surface area contributed by atoms with Crippen molar-refractivity contribution in [2.75, 3.05) is 11.3 Å². The average Bonchev–Trinajstić information content (AvgIpc) is 2.48. The molecule has 0 bridgehead atoms. The maximum atomic E-state index is 12.3. The van der Waals surface area contributed by atoms with Gasteiger partial charge in [-0.3, -0.25) is 4.72 Å². The first kappa shape index (κ1) is 15.1. The second-order valence-electron chi connectivity index (χ2n) is 4.47. The van der Waals surface area contributed by atoms with Gasteiger partial charge < -0.3 is 5.73 Å². The number of nitrogens with one attached hydrogen (secondary N) is 1. The Morgan fingerprint density at radius 2 is 1.86 bits per heavy atom. The second kappa shape index (κ2) is 6.44. The Morgan fingerprint density at radius 3 is 2.52 bits per heavy atom. The minimum atomic E-state index is -3.62. The summed E-state index contributed by atoms with van der Waals surface area (Å²) in [5.41, 5.74) is 7.43. The summed E-state index contributed by atoms with van der Waals surface area (Å²) >= 11 is 0. The summed E-state index contributed by atoms with van der Waals surface area (Å²) in [6, 6.07) is 13.6. The molecular weight excluding hydrogens is 284 g/mol. The van der Waals surface area contributed by atoms with Crippen molar-refractivity contribution in [3.63, 3.8) is 0 Å². The molecule has 3 N–H and O–H groups in total. The van der Waals surface area contributed by atoms with Crippen LogP contribution in [0.4, 0.5) is 5.69 Å². The topological polar surface area (TPSA) is 72.2 Å². The minimum Gasteiger partial charge on any atom is -0.320 e. The molecule has 108 valence electrons. The number of hydrogen-bond acceptors (Lipinski definition) is 3. The van der Waals surface area contributed by atoms with Crippen LogP contribution < -0.4 is 10.5 Å². The Bertz CT molecular complexity index is 788. The van der Waals surface area contributed by atoms with Gasteiger partial charge in [-0.2, -0.15) is 0 Å². The van der Waals surface area contributed by atoms with Gasteiger partial charge in [0, 0.05) is 5.56 Å². The lowest BCUT2D eigenvalue weighted by molar-refractivity contribution is 0.601. The molecule has 0 aliphatic rings. The lowest BCUT2D eigenvalue weighted by Crippen LogP contribution is -2.13. The molecule has 0 heterocycles. The molecule has 2 aromatic carbocycles. The monoisotopic (exact) mass is 300 g/mol. The van der Waals surface area contributed by atoms with Crippen LogP contribution >= 0.6 is 0 Å². The number of rotatable bonds is 3. The van der Waals surface area contributed by atoms with Crippen LogP contribution in [0.5, 0.6) is 0 Å². The normalized spacial score (nSPS) is 10.6. The van der Waals surface area contributed by atoms with Crippen LogP contribution in [-0.4, -0.2) is 15.0 Å². The summed E-state index contributed by atoms with van der Waals surface area (Å²) in [4.78, 5) is 0.211. The highest BCUT2D eigenvalue weighted by molar-refractivity contribution is 7.92. The molecule has 0 unspecified atom stereocenters. The van der Waals surface area contributed by atoms with E-state index in [0.717, 1.165) is 5.56 Å². The summed E-state index contributed by atoms with van der Waals surface area (Å²) in [6.07, 6.45) is 0. The van der Waals surface area contributed by atoms with Gasteiger partial charge in [-0.15, -0.1) is 0 Å². The van der Waals surface area contributed by atoms with E-state index in [1.165, 1.54) is 0 Å². The number of aryl methyl sites for hydroxylation is 1. The zero-order valence-corrected chi connectivity index (χ0v) is 12.4. The predicted octanol–water partition coefficient (Wildman–Crippen LogP) is 2.11. The Kier molecular flexibility index (Phi) is 4.63. The number of benzene rings is 2. The Morgan fingerprint density at radius 1 is 1.14 bits per heavy atom. The van der Waals surface area contributed by atoms with E-state index in [4.69, 9.17) is 5.73 Å². The molecule has 4 nitrogen and oxygen atoms in total. The maximum absolute atomic E-state index is 12.3. The molecule has 0 saturated heterocycles. The molecule has 0 fully saturated rings. The summed E-state index contributed by atoms with van der Waals surface area (Å²) in [5, 5.41) is 0. The fraction of sp³-hybridized carbons (Fsp3) is 0.125. The van der Waals surface area contributed by atoms with Crippen molar-refractivity contribution < 1.29 is 8.42 Å². The van der Waals surface area contributed by atoms with E-state index in [2.05, 4.69) is 16.6 Å². The van der Waals surface area contributed by atoms with Crippen LogP contribution in [0, 0.1) is 18.8 Å². The summed E-state index contributed by atoms with van der Waals surface area (Å²) < 4.78 is 27.2. The standard InChI is InChI=1S/C16H16N2O2S/c1-13-9-10-16(14(12-13)6-5-11-17)18-21(19,20)15-7-3-2-4-8-15/h2-4,7-10,12,18H,11,17H2,1H3. The Hall–Kier alpha value is -2.29. The molecule has 2 aromatic rings. The van der Waals surface area contributed by atoms with Crippen LogP contribution in [0.15, 0.2) is 53.4 Å². The lowest BCUT2D eigenvalue weighted by atomic mass is 10.1.